The molecule has 0 aliphatic rings. The molecule has 0 aliphatic heterocycles. The predicted molar refractivity (Wildman–Crippen MR) is 121 cm³/mol. The number of nitrogens with zero attached hydrogens (tertiary/aromatic N) is 2. The fourth-order valence-electron chi connectivity index (χ4n) is 2.94. The first-order chi connectivity index (χ1) is 14.0. The highest BCUT2D eigenvalue weighted by Crippen LogP contribution is 2.31. The van der Waals surface area contributed by atoms with Crippen LogP contribution in [0.3, 0.4) is 0 Å². The summed E-state index contributed by atoms with van der Waals surface area (Å²) < 4.78 is 1.85. The second-order valence-electron chi connectivity index (χ2n) is 6.29. The van der Waals surface area contributed by atoms with Gasteiger partial charge in [0.2, 0.25) is 5.91 Å². The van der Waals surface area contributed by atoms with Crippen molar-refractivity contribution in [3.05, 3.63) is 75.6 Å². The molecular formula is C21H16ClN3O2S2. The molecule has 5 nitrogen and oxygen atoms in total. The highest BCUT2D eigenvalue weighted by Gasteiger charge is 2.14. The van der Waals surface area contributed by atoms with Crippen LogP contribution in [-0.4, -0.2) is 21.7 Å². The molecule has 146 valence electrons. The first kappa shape index (κ1) is 19.7. The molecule has 0 radical (unpaired) electrons. The van der Waals surface area contributed by atoms with Crippen molar-refractivity contribution in [2.24, 2.45) is 0 Å². The smallest absolute Gasteiger partial charge is 0.271 e. The fourth-order valence-corrected chi connectivity index (χ4v) is 4.51. The van der Waals surface area contributed by atoms with Gasteiger partial charge in [0.15, 0.2) is 0 Å². The summed E-state index contributed by atoms with van der Waals surface area (Å²) in [7, 11) is 0. The van der Waals surface area contributed by atoms with Crippen molar-refractivity contribution in [2.75, 3.05) is 11.6 Å². The van der Waals surface area contributed by atoms with Gasteiger partial charge in [0.05, 0.1) is 11.8 Å². The van der Waals surface area contributed by atoms with E-state index in [1.165, 1.54) is 22.2 Å². The lowest BCUT2D eigenvalue weighted by atomic mass is 10.1. The molecule has 0 spiro atoms. The summed E-state index contributed by atoms with van der Waals surface area (Å²) in [4.78, 5) is 30.8. The van der Waals surface area contributed by atoms with Crippen LogP contribution in [0.4, 0.5) is 5.69 Å². The molecule has 1 N–H and O–H groups in total. The number of fused-ring (bicyclic) bond motifs is 1. The molecule has 1 amide bonds. The molecule has 4 rings (SSSR count). The van der Waals surface area contributed by atoms with E-state index >= 15 is 0 Å². The van der Waals surface area contributed by atoms with Crippen molar-refractivity contribution >= 4 is 56.5 Å². The summed E-state index contributed by atoms with van der Waals surface area (Å²) in [6, 6.07) is 15.0. The Bertz CT molecular complexity index is 1250. The number of anilines is 1. The summed E-state index contributed by atoms with van der Waals surface area (Å²) in [5.74, 6) is -0.277. The average molecular weight is 442 g/mol. The Kier molecular flexibility index (Phi) is 5.71. The van der Waals surface area contributed by atoms with E-state index in [1.54, 1.807) is 23.9 Å². The van der Waals surface area contributed by atoms with Crippen molar-refractivity contribution in [1.82, 2.24) is 9.55 Å². The Morgan fingerprint density at radius 3 is 2.79 bits per heavy atom. The van der Waals surface area contributed by atoms with Crippen LogP contribution in [0.15, 0.2) is 69.9 Å². The number of nitrogens with one attached hydrogen (secondary N) is 1. The quantitative estimate of drug-likeness (QED) is 0.435. The molecule has 2 aromatic carbocycles. The number of halogens is 1. The number of aromatic nitrogens is 2. The number of thiophene rings is 1. The van der Waals surface area contributed by atoms with Crippen LogP contribution in [0.25, 0.3) is 21.3 Å². The van der Waals surface area contributed by atoms with Crippen molar-refractivity contribution in [2.45, 2.75) is 11.4 Å². The van der Waals surface area contributed by atoms with Gasteiger partial charge in [-0.05, 0) is 42.2 Å². The first-order valence-electron chi connectivity index (χ1n) is 8.71. The topological polar surface area (TPSA) is 64.0 Å². The Balaban J connectivity index is 1.58. The third-order valence-electron chi connectivity index (χ3n) is 4.37. The molecule has 0 aliphatic carbocycles. The summed E-state index contributed by atoms with van der Waals surface area (Å²) in [5, 5.41) is 5.38. The lowest BCUT2D eigenvalue weighted by Crippen LogP contribution is -2.27. The van der Waals surface area contributed by atoms with E-state index in [4.69, 9.17) is 11.6 Å². The van der Waals surface area contributed by atoms with Crippen molar-refractivity contribution in [1.29, 1.82) is 0 Å². The second kappa shape index (κ2) is 8.41. The van der Waals surface area contributed by atoms with E-state index in [2.05, 4.69) is 10.3 Å². The Morgan fingerprint density at radius 2 is 2.03 bits per heavy atom. The third-order valence-corrected chi connectivity index (χ3v) is 6.30. The van der Waals surface area contributed by atoms with Gasteiger partial charge in [0, 0.05) is 26.5 Å². The molecule has 8 heteroatoms. The minimum Gasteiger partial charge on any atom is -0.324 e. The van der Waals surface area contributed by atoms with E-state index in [-0.39, 0.29) is 18.0 Å². The number of thioether (sulfide) groups is 1. The Labute approximate surface area is 180 Å². The van der Waals surface area contributed by atoms with Crippen molar-refractivity contribution < 1.29 is 4.79 Å². The minimum absolute atomic E-state index is 0.0978. The van der Waals surface area contributed by atoms with Gasteiger partial charge in [-0.2, -0.15) is 0 Å². The van der Waals surface area contributed by atoms with Crippen LogP contribution in [0, 0.1) is 0 Å². The van der Waals surface area contributed by atoms with Crippen LogP contribution in [0.1, 0.15) is 0 Å². The summed E-state index contributed by atoms with van der Waals surface area (Å²) in [6.45, 7) is -0.0978. The molecular weight excluding hydrogens is 426 g/mol. The van der Waals surface area contributed by atoms with E-state index in [0.717, 1.165) is 16.0 Å². The van der Waals surface area contributed by atoms with Crippen LogP contribution in [0.5, 0.6) is 0 Å². The maximum Gasteiger partial charge on any atom is 0.271 e. The predicted octanol–water partition coefficient (Wildman–Crippen LogP) is 5.14. The monoisotopic (exact) mass is 441 g/mol. The molecule has 2 aromatic heterocycles. The SMILES string of the molecule is CSc1cccc(NC(=O)Cn2cnc3c(-c4ccc(Cl)cc4)csc3c2=O)c1. The van der Waals surface area contributed by atoms with E-state index < -0.39 is 0 Å². The van der Waals surface area contributed by atoms with Crippen LogP contribution < -0.4 is 10.9 Å². The van der Waals surface area contributed by atoms with Crippen LogP contribution in [0.2, 0.25) is 5.02 Å². The molecule has 0 unspecified atom stereocenters. The third kappa shape index (κ3) is 4.22. The van der Waals surface area contributed by atoms with E-state index in [1.807, 2.05) is 48.0 Å². The summed E-state index contributed by atoms with van der Waals surface area (Å²) in [6.07, 6.45) is 3.40. The van der Waals surface area contributed by atoms with E-state index in [9.17, 15) is 9.59 Å². The lowest BCUT2D eigenvalue weighted by molar-refractivity contribution is -0.116. The van der Waals surface area contributed by atoms with Crippen LogP contribution in [-0.2, 0) is 11.3 Å². The maximum absolute atomic E-state index is 12.8. The maximum atomic E-state index is 12.8. The number of hydrogen-bond acceptors (Lipinski definition) is 5. The van der Waals surface area contributed by atoms with Gasteiger partial charge in [0.25, 0.3) is 5.56 Å². The molecule has 2 heterocycles. The van der Waals surface area contributed by atoms with Gasteiger partial charge >= 0.3 is 0 Å². The number of carbonyl (C=O) groups excluding carboxylic acids is 1. The van der Waals surface area contributed by atoms with E-state index in [0.29, 0.717) is 20.9 Å². The number of carbonyl (C=O) groups is 1. The standard InChI is InChI=1S/C21H16ClN3O2S2/c1-28-16-4-2-3-15(9-16)24-18(26)10-25-12-23-19-17(11-29-20(19)21(25)27)13-5-7-14(22)8-6-13/h2-9,11-12H,10H2,1H3,(H,24,26). The zero-order chi connectivity index (χ0) is 20.4. The second-order valence-corrected chi connectivity index (χ2v) is 8.49. The van der Waals surface area contributed by atoms with Crippen molar-refractivity contribution in [3.63, 3.8) is 0 Å². The Morgan fingerprint density at radius 1 is 1.24 bits per heavy atom. The molecule has 0 fully saturated rings. The summed E-state index contributed by atoms with van der Waals surface area (Å²) >= 11 is 8.88. The Hall–Kier alpha value is -2.61. The molecule has 0 bridgehead atoms. The number of hydrogen-bond donors (Lipinski definition) is 1. The largest absolute Gasteiger partial charge is 0.324 e. The van der Waals surface area contributed by atoms with Gasteiger partial charge < -0.3 is 5.32 Å². The number of rotatable bonds is 5. The normalized spacial score (nSPS) is 11.0. The molecule has 0 atom stereocenters. The highest BCUT2D eigenvalue weighted by atomic mass is 35.5. The highest BCUT2D eigenvalue weighted by molar-refractivity contribution is 7.98. The zero-order valence-corrected chi connectivity index (χ0v) is 17.8. The van der Waals surface area contributed by atoms with Gasteiger partial charge in [-0.1, -0.05) is 29.8 Å². The zero-order valence-electron chi connectivity index (χ0n) is 15.4. The average Bonchev–Trinajstić information content (AvgIpc) is 3.15. The number of amides is 1. The molecule has 29 heavy (non-hydrogen) atoms. The van der Waals surface area contributed by atoms with Crippen LogP contribution >= 0.6 is 34.7 Å². The van der Waals surface area contributed by atoms with Gasteiger partial charge in [0.1, 0.15) is 11.2 Å². The lowest BCUT2D eigenvalue weighted by Gasteiger charge is -2.08. The first-order valence-corrected chi connectivity index (χ1v) is 11.2. The molecule has 4 aromatic rings. The minimum atomic E-state index is -0.277. The fraction of sp³-hybridized carbons (Fsp3) is 0.0952. The van der Waals surface area contributed by atoms with Gasteiger partial charge in [-0.3, -0.25) is 14.2 Å². The molecule has 0 saturated carbocycles. The number of benzene rings is 2. The van der Waals surface area contributed by atoms with Crippen molar-refractivity contribution in [3.8, 4) is 11.1 Å². The van der Waals surface area contributed by atoms with Gasteiger partial charge in [-0.25, -0.2) is 4.98 Å². The summed E-state index contributed by atoms with van der Waals surface area (Å²) in [5.41, 5.74) is 2.92. The molecule has 0 saturated heterocycles. The van der Waals surface area contributed by atoms with Gasteiger partial charge in [-0.15, -0.1) is 23.1 Å².